The molecule has 1 aliphatic rings. The van der Waals surface area contributed by atoms with Crippen LogP contribution in [-0.4, -0.2) is 14.5 Å². The number of aryl methyl sites for hydroxylation is 1. The second-order valence-corrected chi connectivity index (χ2v) is 9.19. The summed E-state index contributed by atoms with van der Waals surface area (Å²) in [7, 11) is -3.37. The largest absolute Gasteiger partial charge is 0.241 e. The lowest BCUT2D eigenvalue weighted by Gasteiger charge is -2.16. The van der Waals surface area contributed by atoms with Crippen LogP contribution in [0.5, 0.6) is 0 Å². The van der Waals surface area contributed by atoms with E-state index in [0.29, 0.717) is 4.90 Å². The fourth-order valence-electron chi connectivity index (χ4n) is 2.03. The third-order valence-electron chi connectivity index (χ3n) is 3.26. The first kappa shape index (κ1) is 14.5. The van der Waals surface area contributed by atoms with Gasteiger partial charge in [-0.05, 0) is 47.7 Å². The third-order valence-corrected chi connectivity index (χ3v) is 6.59. The molecule has 18 heavy (non-hydrogen) atoms. The summed E-state index contributed by atoms with van der Waals surface area (Å²) in [6.45, 7) is 3.87. The number of nitrogens with one attached hydrogen (secondary N) is 1. The maximum absolute atomic E-state index is 12.3. The molecule has 102 valence electrons. The minimum atomic E-state index is -3.37. The lowest BCUT2D eigenvalue weighted by molar-refractivity contribution is 0.495. The fraction of sp³-hybridized carbons (Fsp3) is 0.667. The van der Waals surface area contributed by atoms with Crippen molar-refractivity contribution in [2.75, 3.05) is 0 Å². The summed E-state index contributed by atoms with van der Waals surface area (Å²) in [5, 5.41) is 0. The van der Waals surface area contributed by atoms with Gasteiger partial charge in [0, 0.05) is 10.9 Å². The van der Waals surface area contributed by atoms with Crippen molar-refractivity contribution in [2.24, 2.45) is 5.92 Å². The number of sulfonamides is 1. The second-order valence-electron chi connectivity index (χ2n) is 4.88. The molecule has 0 aromatic carbocycles. The van der Waals surface area contributed by atoms with Gasteiger partial charge >= 0.3 is 0 Å². The van der Waals surface area contributed by atoms with Crippen LogP contribution in [0.4, 0.5) is 0 Å². The Morgan fingerprint density at radius 2 is 2.22 bits per heavy atom. The van der Waals surface area contributed by atoms with E-state index in [1.807, 2.05) is 13.8 Å². The van der Waals surface area contributed by atoms with Crippen molar-refractivity contribution in [3.8, 4) is 0 Å². The van der Waals surface area contributed by atoms with E-state index in [9.17, 15) is 8.42 Å². The van der Waals surface area contributed by atoms with Crippen molar-refractivity contribution in [2.45, 2.75) is 50.5 Å². The van der Waals surface area contributed by atoms with Crippen LogP contribution in [-0.2, 0) is 10.0 Å². The van der Waals surface area contributed by atoms with E-state index in [2.05, 4.69) is 20.7 Å². The smallest absolute Gasteiger partial charge is 0.208 e. The van der Waals surface area contributed by atoms with E-state index in [1.54, 1.807) is 6.07 Å². The van der Waals surface area contributed by atoms with Crippen LogP contribution in [0.3, 0.4) is 0 Å². The van der Waals surface area contributed by atoms with E-state index in [0.717, 1.165) is 27.4 Å². The van der Waals surface area contributed by atoms with Gasteiger partial charge < -0.3 is 0 Å². The first-order valence-electron chi connectivity index (χ1n) is 6.20. The summed E-state index contributed by atoms with van der Waals surface area (Å²) in [5.74, 6) is 0.730. The molecule has 1 fully saturated rings. The van der Waals surface area contributed by atoms with Gasteiger partial charge in [-0.2, -0.15) is 0 Å². The number of rotatable bonds is 6. The number of hydrogen-bond donors (Lipinski definition) is 1. The molecule has 6 heteroatoms. The molecule has 1 saturated carbocycles. The van der Waals surface area contributed by atoms with E-state index in [-0.39, 0.29) is 6.04 Å². The monoisotopic (exact) mass is 351 g/mol. The number of hydrogen-bond acceptors (Lipinski definition) is 3. The van der Waals surface area contributed by atoms with Crippen LogP contribution in [0.25, 0.3) is 0 Å². The molecule has 1 unspecified atom stereocenters. The van der Waals surface area contributed by atoms with Crippen LogP contribution in [0.15, 0.2) is 14.7 Å². The lowest BCUT2D eigenvalue weighted by atomic mass is 10.1. The molecule has 1 aliphatic carbocycles. The molecule has 0 spiro atoms. The highest BCUT2D eigenvalue weighted by Gasteiger charge is 2.28. The minimum absolute atomic E-state index is 0.0700. The van der Waals surface area contributed by atoms with E-state index in [1.165, 1.54) is 24.2 Å². The average molecular weight is 352 g/mol. The first-order valence-corrected chi connectivity index (χ1v) is 9.30. The SMILES string of the molecule is CCC(CC1CC1)NS(=O)(=O)c1cc(Br)sc1C. The molecular formula is C12H18BrNO2S2. The second kappa shape index (κ2) is 5.61. The molecule has 2 rings (SSSR count). The Balaban J connectivity index is 2.12. The highest BCUT2D eigenvalue weighted by Crippen LogP contribution is 2.35. The zero-order chi connectivity index (χ0) is 13.3. The van der Waals surface area contributed by atoms with E-state index < -0.39 is 10.0 Å². The quantitative estimate of drug-likeness (QED) is 0.849. The molecule has 0 aliphatic heterocycles. The lowest BCUT2D eigenvalue weighted by Crippen LogP contribution is -2.34. The minimum Gasteiger partial charge on any atom is -0.208 e. The molecule has 1 aromatic rings. The number of thiophene rings is 1. The summed E-state index contributed by atoms with van der Waals surface area (Å²) in [6.07, 6.45) is 4.32. The molecule has 0 radical (unpaired) electrons. The van der Waals surface area contributed by atoms with Crippen molar-refractivity contribution in [3.63, 3.8) is 0 Å². The number of halogens is 1. The van der Waals surface area contributed by atoms with Crippen LogP contribution in [0.1, 0.15) is 37.5 Å². The Morgan fingerprint density at radius 3 is 2.67 bits per heavy atom. The van der Waals surface area contributed by atoms with Gasteiger partial charge in [0.25, 0.3) is 0 Å². The van der Waals surface area contributed by atoms with Crippen LogP contribution < -0.4 is 4.72 Å². The van der Waals surface area contributed by atoms with Gasteiger partial charge in [-0.1, -0.05) is 19.8 Å². The topological polar surface area (TPSA) is 46.2 Å². The summed E-state index contributed by atoms with van der Waals surface area (Å²) in [4.78, 5) is 1.24. The Labute approximate surface area is 121 Å². The molecule has 3 nitrogen and oxygen atoms in total. The zero-order valence-electron chi connectivity index (χ0n) is 10.6. The summed E-state index contributed by atoms with van der Waals surface area (Å²) in [6, 6.07) is 1.76. The Hall–Kier alpha value is 0.0900. The molecular weight excluding hydrogens is 334 g/mol. The van der Waals surface area contributed by atoms with Gasteiger partial charge in [-0.15, -0.1) is 11.3 Å². The maximum Gasteiger partial charge on any atom is 0.241 e. The van der Waals surface area contributed by atoms with Crippen LogP contribution in [0, 0.1) is 12.8 Å². The Kier molecular flexibility index (Phi) is 4.52. The fourth-order valence-corrected chi connectivity index (χ4v) is 5.78. The summed E-state index contributed by atoms with van der Waals surface area (Å²) < 4.78 is 28.3. The highest BCUT2D eigenvalue weighted by atomic mass is 79.9. The van der Waals surface area contributed by atoms with Crippen molar-refractivity contribution in [3.05, 3.63) is 14.7 Å². The molecule has 0 bridgehead atoms. The predicted molar refractivity (Wildman–Crippen MR) is 78.5 cm³/mol. The molecule has 1 heterocycles. The normalized spacial score (nSPS) is 17.9. The first-order chi connectivity index (χ1) is 8.42. The van der Waals surface area contributed by atoms with Gasteiger partial charge in [0.1, 0.15) is 0 Å². The summed E-state index contributed by atoms with van der Waals surface area (Å²) >= 11 is 4.79. The van der Waals surface area contributed by atoms with Crippen molar-refractivity contribution >= 4 is 37.3 Å². The molecule has 1 N–H and O–H groups in total. The van der Waals surface area contributed by atoms with E-state index >= 15 is 0 Å². The van der Waals surface area contributed by atoms with Gasteiger partial charge in [-0.3, -0.25) is 0 Å². The predicted octanol–water partition coefficient (Wildman–Crippen LogP) is 3.68. The maximum atomic E-state index is 12.3. The van der Waals surface area contributed by atoms with E-state index in [4.69, 9.17) is 0 Å². The molecule has 0 amide bonds. The Bertz CT molecular complexity index is 520. The molecule has 1 atom stereocenters. The third kappa shape index (κ3) is 3.56. The van der Waals surface area contributed by atoms with Crippen molar-refractivity contribution < 1.29 is 8.42 Å². The highest BCUT2D eigenvalue weighted by molar-refractivity contribution is 9.11. The van der Waals surface area contributed by atoms with Crippen LogP contribution in [0.2, 0.25) is 0 Å². The molecule has 1 aromatic heterocycles. The van der Waals surface area contributed by atoms with Gasteiger partial charge in [0.15, 0.2) is 0 Å². The molecule has 0 saturated heterocycles. The van der Waals surface area contributed by atoms with Gasteiger partial charge in [0.2, 0.25) is 10.0 Å². The summed E-state index contributed by atoms with van der Waals surface area (Å²) in [5.41, 5.74) is 0. The van der Waals surface area contributed by atoms with Gasteiger partial charge in [-0.25, -0.2) is 13.1 Å². The van der Waals surface area contributed by atoms with Crippen molar-refractivity contribution in [1.82, 2.24) is 4.72 Å². The Morgan fingerprint density at radius 1 is 1.56 bits per heavy atom. The van der Waals surface area contributed by atoms with Gasteiger partial charge in [0.05, 0.1) is 8.68 Å². The standard InChI is InChI=1S/C12H18BrNO2S2/c1-3-10(6-9-4-5-9)14-18(15,16)11-7-12(13)17-8(11)2/h7,9-10,14H,3-6H2,1-2H3. The average Bonchev–Trinajstić information content (AvgIpc) is 3.01. The zero-order valence-corrected chi connectivity index (χ0v) is 13.8. The van der Waals surface area contributed by atoms with Crippen molar-refractivity contribution in [1.29, 1.82) is 0 Å². The van der Waals surface area contributed by atoms with Crippen LogP contribution >= 0.6 is 27.3 Å².